The van der Waals surface area contributed by atoms with Crippen LogP contribution in [0.15, 0.2) is 24.3 Å². The normalized spacial score (nSPS) is 12.8. The lowest BCUT2D eigenvalue weighted by Crippen LogP contribution is -2.37. The predicted molar refractivity (Wildman–Crippen MR) is 78.5 cm³/mol. The molecule has 0 saturated heterocycles. The van der Waals surface area contributed by atoms with Crippen LogP contribution >= 0.6 is 0 Å². The lowest BCUT2D eigenvalue weighted by Gasteiger charge is -2.15. The molecule has 0 fully saturated rings. The first-order chi connectivity index (χ1) is 10.6. The Hall–Kier alpha value is -2.09. The Bertz CT molecular complexity index is 559. The molecule has 1 atom stereocenters. The van der Waals surface area contributed by atoms with Crippen molar-refractivity contribution in [3.05, 3.63) is 29.8 Å². The number of carbonyl (C=O) groups excluding carboxylic acids is 2. The monoisotopic (exact) mass is 332 g/mol. The van der Waals surface area contributed by atoms with Crippen LogP contribution in [0, 0.1) is 5.92 Å². The van der Waals surface area contributed by atoms with E-state index in [1.54, 1.807) is 13.8 Å². The Morgan fingerprint density at radius 3 is 2.35 bits per heavy atom. The minimum atomic E-state index is -4.64. The molecule has 1 aromatic carbocycles. The molecule has 1 aromatic rings. The summed E-state index contributed by atoms with van der Waals surface area (Å²) >= 11 is 0. The lowest BCUT2D eigenvalue weighted by molar-refractivity contribution is -0.138. The second kappa shape index (κ2) is 7.96. The maximum Gasteiger partial charge on any atom is 0.418 e. The van der Waals surface area contributed by atoms with Crippen molar-refractivity contribution < 1.29 is 27.9 Å². The number of aliphatic hydroxyl groups excluding tert-OH is 1. The standard InChI is InChI=1S/C15H19F3N2O3/c1-9(2)12(21)7-8-19-13(22)14(23)20-11-6-4-3-5-10(11)15(16,17)18/h3-6,9,12,21H,7-8H2,1-2H3,(H,19,22)(H,20,23). The van der Waals surface area contributed by atoms with E-state index in [9.17, 15) is 27.9 Å². The van der Waals surface area contributed by atoms with E-state index in [0.29, 0.717) is 0 Å². The summed E-state index contributed by atoms with van der Waals surface area (Å²) in [6.07, 6.45) is -5.03. The van der Waals surface area contributed by atoms with Gasteiger partial charge in [-0.2, -0.15) is 13.2 Å². The van der Waals surface area contributed by atoms with Gasteiger partial charge < -0.3 is 15.7 Å². The van der Waals surface area contributed by atoms with Crippen LogP contribution in [0.4, 0.5) is 18.9 Å². The molecule has 1 rings (SSSR count). The molecule has 5 nitrogen and oxygen atoms in total. The smallest absolute Gasteiger partial charge is 0.393 e. The van der Waals surface area contributed by atoms with E-state index in [2.05, 4.69) is 5.32 Å². The highest BCUT2D eigenvalue weighted by Gasteiger charge is 2.34. The Kier molecular flexibility index (Phi) is 6.56. The van der Waals surface area contributed by atoms with E-state index in [-0.39, 0.29) is 18.9 Å². The first-order valence-corrected chi connectivity index (χ1v) is 7.06. The Morgan fingerprint density at radius 1 is 1.17 bits per heavy atom. The highest BCUT2D eigenvalue weighted by atomic mass is 19.4. The molecule has 0 radical (unpaired) electrons. The van der Waals surface area contributed by atoms with Crippen molar-refractivity contribution in [2.45, 2.75) is 32.5 Å². The number of nitrogens with one attached hydrogen (secondary N) is 2. The molecule has 0 aliphatic rings. The van der Waals surface area contributed by atoms with Crippen molar-refractivity contribution in [2.75, 3.05) is 11.9 Å². The Balaban J connectivity index is 2.62. The fourth-order valence-corrected chi connectivity index (χ4v) is 1.77. The van der Waals surface area contributed by atoms with Crippen molar-refractivity contribution >= 4 is 17.5 Å². The molecular formula is C15H19F3N2O3. The van der Waals surface area contributed by atoms with Gasteiger partial charge in [-0.1, -0.05) is 26.0 Å². The van der Waals surface area contributed by atoms with Crippen LogP contribution in [0.3, 0.4) is 0 Å². The van der Waals surface area contributed by atoms with Crippen molar-refractivity contribution in [1.29, 1.82) is 0 Å². The van der Waals surface area contributed by atoms with Gasteiger partial charge in [0.05, 0.1) is 17.4 Å². The largest absolute Gasteiger partial charge is 0.418 e. The van der Waals surface area contributed by atoms with Gasteiger partial charge in [0, 0.05) is 6.54 Å². The zero-order valence-electron chi connectivity index (χ0n) is 12.8. The van der Waals surface area contributed by atoms with E-state index in [1.165, 1.54) is 12.1 Å². The van der Waals surface area contributed by atoms with Gasteiger partial charge in [-0.05, 0) is 24.5 Å². The quantitative estimate of drug-likeness (QED) is 0.723. The number of amides is 2. The highest BCUT2D eigenvalue weighted by molar-refractivity contribution is 6.39. The topological polar surface area (TPSA) is 78.4 Å². The number of hydrogen-bond acceptors (Lipinski definition) is 3. The van der Waals surface area contributed by atoms with Crippen molar-refractivity contribution in [2.24, 2.45) is 5.92 Å². The molecule has 8 heteroatoms. The van der Waals surface area contributed by atoms with Gasteiger partial charge in [0.25, 0.3) is 0 Å². The third-order valence-corrected chi connectivity index (χ3v) is 3.18. The van der Waals surface area contributed by atoms with E-state index >= 15 is 0 Å². The van der Waals surface area contributed by atoms with Crippen molar-refractivity contribution in [3.63, 3.8) is 0 Å². The summed E-state index contributed by atoms with van der Waals surface area (Å²) in [4.78, 5) is 23.2. The molecule has 0 spiro atoms. The molecule has 0 heterocycles. The van der Waals surface area contributed by atoms with E-state index in [0.717, 1.165) is 12.1 Å². The molecule has 128 valence electrons. The van der Waals surface area contributed by atoms with Crippen LogP contribution in [0.25, 0.3) is 0 Å². The number of halogens is 3. The third-order valence-electron chi connectivity index (χ3n) is 3.18. The third kappa shape index (κ3) is 5.90. The molecule has 0 saturated carbocycles. The Morgan fingerprint density at radius 2 is 1.78 bits per heavy atom. The zero-order valence-corrected chi connectivity index (χ0v) is 12.8. The number of benzene rings is 1. The van der Waals surface area contributed by atoms with Crippen LogP contribution in [-0.2, 0) is 15.8 Å². The molecule has 0 aliphatic carbocycles. The lowest BCUT2D eigenvalue weighted by atomic mass is 10.0. The average molecular weight is 332 g/mol. The van der Waals surface area contributed by atoms with Gasteiger partial charge >= 0.3 is 18.0 Å². The van der Waals surface area contributed by atoms with Crippen molar-refractivity contribution in [3.8, 4) is 0 Å². The fraction of sp³-hybridized carbons (Fsp3) is 0.467. The minimum absolute atomic E-state index is 0.000564. The summed E-state index contributed by atoms with van der Waals surface area (Å²) in [5.41, 5.74) is -1.52. The summed E-state index contributed by atoms with van der Waals surface area (Å²) in [6.45, 7) is 3.65. The van der Waals surface area contributed by atoms with Crippen LogP contribution < -0.4 is 10.6 Å². The number of alkyl halides is 3. The second-order valence-electron chi connectivity index (χ2n) is 5.35. The van der Waals surface area contributed by atoms with Crippen LogP contribution in [0.2, 0.25) is 0 Å². The number of hydrogen-bond donors (Lipinski definition) is 3. The molecule has 3 N–H and O–H groups in total. The molecule has 0 aromatic heterocycles. The molecule has 0 aliphatic heterocycles. The SMILES string of the molecule is CC(C)C(O)CCNC(=O)C(=O)Nc1ccccc1C(F)(F)F. The van der Waals surface area contributed by atoms with Crippen LogP contribution in [0.1, 0.15) is 25.8 Å². The predicted octanol–water partition coefficient (Wildman–Crippen LogP) is 2.17. The van der Waals surface area contributed by atoms with E-state index in [4.69, 9.17) is 0 Å². The molecule has 1 unspecified atom stereocenters. The van der Waals surface area contributed by atoms with Crippen LogP contribution in [-0.4, -0.2) is 29.6 Å². The average Bonchev–Trinajstić information content (AvgIpc) is 2.46. The van der Waals surface area contributed by atoms with Gasteiger partial charge in [-0.15, -0.1) is 0 Å². The molecular weight excluding hydrogens is 313 g/mol. The van der Waals surface area contributed by atoms with E-state index < -0.39 is 35.3 Å². The minimum Gasteiger partial charge on any atom is -0.393 e. The van der Waals surface area contributed by atoms with Gasteiger partial charge in [0.2, 0.25) is 0 Å². The summed E-state index contributed by atoms with van der Waals surface area (Å²) in [5, 5.41) is 13.8. The maximum atomic E-state index is 12.8. The number of para-hydroxylation sites is 1. The van der Waals surface area contributed by atoms with Crippen molar-refractivity contribution in [1.82, 2.24) is 5.32 Å². The number of rotatable bonds is 5. The number of aliphatic hydroxyl groups is 1. The second-order valence-corrected chi connectivity index (χ2v) is 5.35. The molecule has 2 amide bonds. The van der Waals surface area contributed by atoms with Crippen LogP contribution in [0.5, 0.6) is 0 Å². The Labute approximate surface area is 131 Å². The molecule has 23 heavy (non-hydrogen) atoms. The summed E-state index contributed by atoms with van der Waals surface area (Å²) in [6, 6.07) is 4.39. The van der Waals surface area contributed by atoms with Gasteiger partial charge in [0.1, 0.15) is 0 Å². The van der Waals surface area contributed by atoms with Gasteiger partial charge in [-0.3, -0.25) is 9.59 Å². The van der Waals surface area contributed by atoms with E-state index in [1.807, 2.05) is 5.32 Å². The first kappa shape index (κ1) is 19.0. The highest BCUT2D eigenvalue weighted by Crippen LogP contribution is 2.34. The van der Waals surface area contributed by atoms with Gasteiger partial charge in [0.15, 0.2) is 0 Å². The molecule has 0 bridgehead atoms. The summed E-state index contributed by atoms with van der Waals surface area (Å²) < 4.78 is 38.4. The number of anilines is 1. The summed E-state index contributed by atoms with van der Waals surface area (Å²) in [5.74, 6) is -2.25. The maximum absolute atomic E-state index is 12.8. The first-order valence-electron chi connectivity index (χ1n) is 7.06. The zero-order chi connectivity index (χ0) is 17.6. The fourth-order valence-electron chi connectivity index (χ4n) is 1.77. The van der Waals surface area contributed by atoms with Gasteiger partial charge in [-0.25, -0.2) is 0 Å². The number of carbonyl (C=O) groups is 2. The summed E-state index contributed by atoms with van der Waals surface area (Å²) in [7, 11) is 0.